The molecule has 0 radical (unpaired) electrons. The molecule has 2 aromatic carbocycles. The highest BCUT2D eigenvalue weighted by atomic mass is 19.1. The largest absolute Gasteiger partial charge is 0.497 e. The van der Waals surface area contributed by atoms with E-state index in [1.165, 1.54) is 24.3 Å². The van der Waals surface area contributed by atoms with Gasteiger partial charge in [-0.25, -0.2) is 9.29 Å². The summed E-state index contributed by atoms with van der Waals surface area (Å²) in [5.74, 6) is -0.896. The van der Waals surface area contributed by atoms with Crippen molar-refractivity contribution in [3.05, 3.63) is 59.9 Å². The molecule has 7 heteroatoms. The Balaban J connectivity index is 1.65. The van der Waals surface area contributed by atoms with E-state index in [-0.39, 0.29) is 24.3 Å². The molecular weight excluding hydrogens is 399 g/mol. The Morgan fingerprint density at radius 2 is 1.65 bits per heavy atom. The molecule has 1 unspecified atom stereocenters. The third kappa shape index (κ3) is 4.17. The average molecular weight is 424 g/mol. The Labute approximate surface area is 180 Å². The maximum atomic E-state index is 13.4. The summed E-state index contributed by atoms with van der Waals surface area (Å²) in [4.78, 5) is 42.3. The van der Waals surface area contributed by atoms with Crippen molar-refractivity contribution in [2.24, 2.45) is 0 Å². The first-order chi connectivity index (χ1) is 15.0. The number of carbonyl (C=O) groups excluding carboxylic acids is 3. The molecule has 6 nitrogen and oxygen atoms in total. The molecule has 1 aliphatic heterocycles. The van der Waals surface area contributed by atoms with Gasteiger partial charge in [0.2, 0.25) is 5.91 Å². The molecule has 2 fully saturated rings. The quantitative estimate of drug-likeness (QED) is 0.682. The first-order valence-electron chi connectivity index (χ1n) is 10.6. The van der Waals surface area contributed by atoms with Crippen LogP contribution in [-0.2, 0) is 9.59 Å². The van der Waals surface area contributed by atoms with Crippen LogP contribution in [0.1, 0.15) is 48.9 Å². The van der Waals surface area contributed by atoms with Crippen molar-refractivity contribution in [1.29, 1.82) is 0 Å². The number of anilines is 1. The Morgan fingerprint density at radius 1 is 1.00 bits per heavy atom. The minimum Gasteiger partial charge on any atom is -0.497 e. The van der Waals surface area contributed by atoms with Gasteiger partial charge in [0.25, 0.3) is 11.8 Å². The Morgan fingerprint density at radius 3 is 2.26 bits per heavy atom. The molecule has 1 saturated carbocycles. The average Bonchev–Trinajstić information content (AvgIpc) is 3.08. The first kappa shape index (κ1) is 21.0. The van der Waals surface area contributed by atoms with Gasteiger partial charge in [-0.2, -0.15) is 0 Å². The van der Waals surface area contributed by atoms with Crippen LogP contribution in [0, 0.1) is 5.82 Å². The lowest BCUT2D eigenvalue weighted by atomic mass is 9.92. The van der Waals surface area contributed by atoms with Crippen LogP contribution in [0.15, 0.2) is 48.5 Å². The number of imide groups is 1. The zero-order valence-corrected chi connectivity index (χ0v) is 17.4. The van der Waals surface area contributed by atoms with Gasteiger partial charge in [0, 0.05) is 11.6 Å². The molecule has 31 heavy (non-hydrogen) atoms. The van der Waals surface area contributed by atoms with Crippen molar-refractivity contribution in [2.45, 2.75) is 50.6 Å². The third-order valence-electron chi connectivity index (χ3n) is 6.08. The van der Waals surface area contributed by atoms with Crippen LogP contribution in [0.5, 0.6) is 5.75 Å². The minimum atomic E-state index is -0.866. The molecule has 1 saturated heterocycles. The van der Waals surface area contributed by atoms with E-state index in [1.54, 1.807) is 36.3 Å². The van der Waals surface area contributed by atoms with Crippen LogP contribution < -0.4 is 9.64 Å². The number of halogens is 1. The number of nitrogens with zero attached hydrogens (tertiary/aromatic N) is 2. The lowest BCUT2D eigenvalue weighted by Gasteiger charge is -2.37. The second kappa shape index (κ2) is 8.88. The fraction of sp³-hybridized carbons (Fsp3) is 0.375. The highest BCUT2D eigenvalue weighted by Gasteiger charge is 2.46. The molecule has 1 heterocycles. The third-order valence-corrected chi connectivity index (χ3v) is 6.08. The molecular formula is C24H25FN2O4. The second-order valence-corrected chi connectivity index (χ2v) is 8.00. The van der Waals surface area contributed by atoms with Gasteiger partial charge in [-0.15, -0.1) is 0 Å². The summed E-state index contributed by atoms with van der Waals surface area (Å²) in [6.07, 6.45) is 4.53. The van der Waals surface area contributed by atoms with Crippen molar-refractivity contribution in [3.63, 3.8) is 0 Å². The summed E-state index contributed by atoms with van der Waals surface area (Å²) in [7, 11) is 1.54. The van der Waals surface area contributed by atoms with Gasteiger partial charge >= 0.3 is 0 Å². The van der Waals surface area contributed by atoms with E-state index in [0.717, 1.165) is 37.0 Å². The van der Waals surface area contributed by atoms with Crippen molar-refractivity contribution < 1.29 is 23.5 Å². The summed E-state index contributed by atoms with van der Waals surface area (Å²) < 4.78 is 18.5. The van der Waals surface area contributed by atoms with Crippen molar-refractivity contribution in [3.8, 4) is 5.75 Å². The van der Waals surface area contributed by atoms with Gasteiger partial charge in [0.05, 0.1) is 19.2 Å². The van der Waals surface area contributed by atoms with E-state index >= 15 is 0 Å². The number of amides is 3. The predicted octanol–water partition coefficient (Wildman–Crippen LogP) is 3.94. The zero-order valence-electron chi connectivity index (χ0n) is 17.4. The van der Waals surface area contributed by atoms with Crippen LogP contribution in [0.2, 0.25) is 0 Å². The van der Waals surface area contributed by atoms with Crippen molar-refractivity contribution in [2.75, 3.05) is 12.0 Å². The molecule has 0 N–H and O–H groups in total. The summed E-state index contributed by atoms with van der Waals surface area (Å²) in [5, 5.41) is 0. The molecule has 2 aromatic rings. The van der Waals surface area contributed by atoms with E-state index in [0.29, 0.717) is 17.0 Å². The number of hydrogen-bond acceptors (Lipinski definition) is 4. The maximum absolute atomic E-state index is 13.4. The number of rotatable bonds is 5. The van der Waals surface area contributed by atoms with Crippen LogP contribution in [0.4, 0.5) is 10.1 Å². The first-order valence-corrected chi connectivity index (χ1v) is 10.6. The maximum Gasteiger partial charge on any atom is 0.257 e. The predicted molar refractivity (Wildman–Crippen MR) is 113 cm³/mol. The highest BCUT2D eigenvalue weighted by molar-refractivity contribution is 6.23. The number of ether oxygens (including phenoxy) is 1. The molecule has 2 aliphatic rings. The van der Waals surface area contributed by atoms with E-state index in [1.807, 2.05) is 0 Å². The molecule has 0 spiro atoms. The van der Waals surface area contributed by atoms with Gasteiger partial charge in [-0.05, 0) is 61.4 Å². The summed E-state index contributed by atoms with van der Waals surface area (Å²) in [6.45, 7) is 0. The van der Waals surface area contributed by atoms with Crippen molar-refractivity contribution in [1.82, 2.24) is 4.90 Å². The topological polar surface area (TPSA) is 66.9 Å². The molecule has 0 aromatic heterocycles. The summed E-state index contributed by atoms with van der Waals surface area (Å²) >= 11 is 0. The lowest BCUT2D eigenvalue weighted by Crippen LogP contribution is -2.51. The van der Waals surface area contributed by atoms with E-state index < -0.39 is 17.8 Å². The molecule has 1 atom stereocenters. The van der Waals surface area contributed by atoms with E-state index in [4.69, 9.17) is 4.74 Å². The van der Waals surface area contributed by atoms with Gasteiger partial charge in [0.1, 0.15) is 17.6 Å². The molecule has 1 aliphatic carbocycles. The number of benzene rings is 2. The fourth-order valence-corrected chi connectivity index (χ4v) is 4.50. The highest BCUT2D eigenvalue weighted by Crippen LogP contribution is 2.32. The van der Waals surface area contributed by atoms with Crippen LogP contribution in [-0.4, -0.2) is 41.8 Å². The summed E-state index contributed by atoms with van der Waals surface area (Å²) in [6, 6.07) is 11.0. The Bertz CT molecular complexity index is 968. The number of hydrogen-bond donors (Lipinski definition) is 0. The molecule has 3 amide bonds. The second-order valence-electron chi connectivity index (χ2n) is 8.00. The van der Waals surface area contributed by atoms with Gasteiger partial charge in [0.15, 0.2) is 0 Å². The minimum absolute atomic E-state index is 0.0612. The van der Waals surface area contributed by atoms with Crippen molar-refractivity contribution >= 4 is 23.4 Å². The fourth-order valence-electron chi connectivity index (χ4n) is 4.50. The Kier molecular flexibility index (Phi) is 6.02. The molecule has 4 rings (SSSR count). The number of methoxy groups -OCH3 is 1. The summed E-state index contributed by atoms with van der Waals surface area (Å²) in [5.41, 5.74) is 0.770. The van der Waals surface area contributed by atoms with E-state index in [9.17, 15) is 18.8 Å². The monoisotopic (exact) mass is 424 g/mol. The zero-order chi connectivity index (χ0) is 22.0. The van der Waals surface area contributed by atoms with Crippen LogP contribution in [0.25, 0.3) is 0 Å². The van der Waals surface area contributed by atoms with Crippen LogP contribution in [0.3, 0.4) is 0 Å². The smallest absolute Gasteiger partial charge is 0.257 e. The van der Waals surface area contributed by atoms with Crippen LogP contribution >= 0.6 is 0 Å². The van der Waals surface area contributed by atoms with Gasteiger partial charge in [-0.1, -0.05) is 19.3 Å². The lowest BCUT2D eigenvalue weighted by molar-refractivity contribution is -0.123. The molecule has 0 bridgehead atoms. The normalized spacial score (nSPS) is 19.5. The Hall–Kier alpha value is -3.22. The van der Waals surface area contributed by atoms with Gasteiger partial charge < -0.3 is 9.64 Å². The molecule has 162 valence electrons. The standard InChI is InChI=1S/C24H25FN2O4/c1-31-20-13-11-19(12-14-20)27-22(28)15-21(24(27)30)26(18-5-3-2-4-6-18)23(29)16-7-9-17(25)10-8-16/h7-14,18,21H,2-6,15H2,1H3. The number of carbonyl (C=O) groups is 3. The van der Waals surface area contributed by atoms with E-state index in [2.05, 4.69) is 0 Å². The SMILES string of the molecule is COc1ccc(N2C(=O)CC(N(C(=O)c3ccc(F)cc3)C3CCCCC3)C2=O)cc1. The van der Waals surface area contributed by atoms with Gasteiger partial charge in [-0.3, -0.25) is 14.4 Å².